The number of aliphatic hydroxyl groups excluding tert-OH is 1. The van der Waals surface area contributed by atoms with Gasteiger partial charge in [-0.2, -0.15) is 13.2 Å². The maximum Gasteiger partial charge on any atom is 0.392 e. The fraction of sp³-hybridized carbons (Fsp3) is 0.714. The van der Waals surface area contributed by atoms with Gasteiger partial charge in [-0.05, 0) is 12.8 Å². The first kappa shape index (κ1) is 8.59. The molecule has 64 valence electrons. The summed E-state index contributed by atoms with van der Waals surface area (Å²) in [4.78, 5) is 0. The molecular formula is C7H9F3O. The molecule has 0 amide bonds. The van der Waals surface area contributed by atoms with Gasteiger partial charge in [0.25, 0.3) is 0 Å². The molecule has 1 rings (SSSR count). The van der Waals surface area contributed by atoms with Crippen LogP contribution in [0.3, 0.4) is 0 Å². The molecule has 0 fully saturated rings. The number of hydrogen-bond donors (Lipinski definition) is 1. The lowest BCUT2D eigenvalue weighted by atomic mass is 10.1. The molecule has 1 aliphatic carbocycles. The van der Waals surface area contributed by atoms with Crippen molar-refractivity contribution in [3.8, 4) is 0 Å². The minimum Gasteiger partial charge on any atom is -0.392 e. The van der Waals surface area contributed by atoms with E-state index in [0.29, 0.717) is 12.0 Å². The maximum absolute atomic E-state index is 11.7. The molecule has 1 nitrogen and oxygen atoms in total. The lowest BCUT2D eigenvalue weighted by molar-refractivity contribution is -0.127. The SMILES string of the molecule is OC1CC=C(CC(F)(F)F)C1. The zero-order valence-corrected chi connectivity index (χ0v) is 5.86. The minimum atomic E-state index is -4.13. The van der Waals surface area contributed by atoms with E-state index in [2.05, 4.69) is 0 Å². The molecule has 0 aromatic rings. The Morgan fingerprint density at radius 3 is 2.55 bits per heavy atom. The highest BCUT2D eigenvalue weighted by atomic mass is 19.4. The van der Waals surface area contributed by atoms with E-state index in [-0.39, 0.29) is 6.42 Å². The third kappa shape index (κ3) is 2.93. The van der Waals surface area contributed by atoms with E-state index in [1.54, 1.807) is 0 Å². The number of halogens is 3. The van der Waals surface area contributed by atoms with Crippen LogP contribution in [0.5, 0.6) is 0 Å². The quantitative estimate of drug-likeness (QED) is 0.591. The zero-order chi connectivity index (χ0) is 8.48. The molecule has 11 heavy (non-hydrogen) atoms. The highest BCUT2D eigenvalue weighted by Crippen LogP contribution is 2.30. The van der Waals surface area contributed by atoms with E-state index in [4.69, 9.17) is 5.11 Å². The van der Waals surface area contributed by atoms with Crippen LogP contribution in [0.2, 0.25) is 0 Å². The molecule has 0 bridgehead atoms. The van der Waals surface area contributed by atoms with Crippen LogP contribution < -0.4 is 0 Å². The Hall–Kier alpha value is -0.510. The van der Waals surface area contributed by atoms with Crippen molar-refractivity contribution in [2.75, 3.05) is 0 Å². The first-order valence-electron chi connectivity index (χ1n) is 3.40. The van der Waals surface area contributed by atoms with Crippen LogP contribution in [0.15, 0.2) is 11.6 Å². The molecule has 0 aromatic heterocycles. The van der Waals surface area contributed by atoms with Gasteiger partial charge in [0.15, 0.2) is 0 Å². The number of hydrogen-bond acceptors (Lipinski definition) is 1. The first-order valence-corrected chi connectivity index (χ1v) is 3.40. The monoisotopic (exact) mass is 166 g/mol. The molecule has 0 saturated heterocycles. The zero-order valence-electron chi connectivity index (χ0n) is 5.86. The van der Waals surface area contributed by atoms with E-state index in [1.807, 2.05) is 0 Å². The Labute approximate surface area is 62.5 Å². The molecule has 0 aliphatic heterocycles. The van der Waals surface area contributed by atoms with E-state index >= 15 is 0 Å². The van der Waals surface area contributed by atoms with E-state index in [9.17, 15) is 13.2 Å². The maximum atomic E-state index is 11.7. The molecule has 1 N–H and O–H groups in total. The second-order valence-corrected chi connectivity index (χ2v) is 2.75. The molecule has 1 unspecified atom stereocenters. The number of rotatable bonds is 1. The molecular weight excluding hydrogens is 157 g/mol. The van der Waals surface area contributed by atoms with Crippen LogP contribution in [0.1, 0.15) is 19.3 Å². The Bertz CT molecular complexity index is 171. The predicted octanol–water partition coefficient (Wildman–Crippen LogP) is 2.02. The van der Waals surface area contributed by atoms with Gasteiger partial charge >= 0.3 is 6.18 Å². The Morgan fingerprint density at radius 1 is 1.55 bits per heavy atom. The molecule has 0 heterocycles. The highest BCUT2D eigenvalue weighted by Gasteiger charge is 2.30. The normalized spacial score (nSPS) is 25.5. The second kappa shape index (κ2) is 2.85. The van der Waals surface area contributed by atoms with Crippen molar-refractivity contribution in [1.29, 1.82) is 0 Å². The van der Waals surface area contributed by atoms with Gasteiger partial charge in [0.2, 0.25) is 0 Å². The van der Waals surface area contributed by atoms with Crippen molar-refractivity contribution in [3.63, 3.8) is 0 Å². The number of aliphatic hydroxyl groups is 1. The highest BCUT2D eigenvalue weighted by molar-refractivity contribution is 5.11. The minimum absolute atomic E-state index is 0.180. The summed E-state index contributed by atoms with van der Waals surface area (Å²) in [6, 6.07) is 0. The summed E-state index contributed by atoms with van der Waals surface area (Å²) in [6.45, 7) is 0. The molecule has 4 heteroatoms. The average molecular weight is 166 g/mol. The summed E-state index contributed by atoms with van der Waals surface area (Å²) in [5, 5.41) is 8.88. The van der Waals surface area contributed by atoms with Gasteiger partial charge in [0, 0.05) is 0 Å². The van der Waals surface area contributed by atoms with Crippen molar-refractivity contribution >= 4 is 0 Å². The van der Waals surface area contributed by atoms with E-state index < -0.39 is 18.7 Å². The van der Waals surface area contributed by atoms with Gasteiger partial charge in [-0.15, -0.1) is 0 Å². The third-order valence-electron chi connectivity index (χ3n) is 1.60. The molecule has 0 spiro atoms. The average Bonchev–Trinajstić information content (AvgIpc) is 2.10. The predicted molar refractivity (Wildman–Crippen MR) is 34.0 cm³/mol. The standard InChI is InChI=1S/C7H9F3O/c8-7(9,10)4-5-1-2-6(11)3-5/h1,6,11H,2-4H2. The van der Waals surface area contributed by atoms with Gasteiger partial charge in [-0.25, -0.2) is 0 Å². The van der Waals surface area contributed by atoms with E-state index in [1.165, 1.54) is 6.08 Å². The summed E-state index contributed by atoms with van der Waals surface area (Å²) < 4.78 is 35.1. The summed E-state index contributed by atoms with van der Waals surface area (Å²) in [5.74, 6) is 0. The van der Waals surface area contributed by atoms with Gasteiger partial charge in [-0.1, -0.05) is 11.6 Å². The van der Waals surface area contributed by atoms with Gasteiger partial charge in [0.1, 0.15) is 0 Å². The Morgan fingerprint density at radius 2 is 2.18 bits per heavy atom. The number of alkyl halides is 3. The van der Waals surface area contributed by atoms with Crippen molar-refractivity contribution in [2.24, 2.45) is 0 Å². The lowest BCUT2D eigenvalue weighted by Crippen LogP contribution is -2.09. The summed E-state index contributed by atoms with van der Waals surface area (Å²) in [7, 11) is 0. The van der Waals surface area contributed by atoms with E-state index in [0.717, 1.165) is 0 Å². The van der Waals surface area contributed by atoms with Gasteiger partial charge < -0.3 is 5.11 Å². The summed E-state index contributed by atoms with van der Waals surface area (Å²) in [6.07, 6.45) is -3.57. The van der Waals surface area contributed by atoms with Crippen LogP contribution in [0.25, 0.3) is 0 Å². The molecule has 1 atom stereocenters. The second-order valence-electron chi connectivity index (χ2n) is 2.75. The molecule has 0 aromatic carbocycles. The van der Waals surface area contributed by atoms with Crippen molar-refractivity contribution < 1.29 is 18.3 Å². The van der Waals surface area contributed by atoms with Crippen LogP contribution in [0, 0.1) is 0 Å². The third-order valence-corrected chi connectivity index (χ3v) is 1.60. The fourth-order valence-corrected chi connectivity index (χ4v) is 1.17. The first-order chi connectivity index (χ1) is 4.97. The molecule has 0 saturated carbocycles. The lowest BCUT2D eigenvalue weighted by Gasteiger charge is -2.06. The van der Waals surface area contributed by atoms with Crippen LogP contribution in [-0.4, -0.2) is 17.4 Å². The molecule has 0 radical (unpaired) electrons. The fourth-order valence-electron chi connectivity index (χ4n) is 1.17. The van der Waals surface area contributed by atoms with Crippen LogP contribution in [-0.2, 0) is 0 Å². The van der Waals surface area contributed by atoms with Crippen molar-refractivity contribution in [3.05, 3.63) is 11.6 Å². The Balaban J connectivity index is 2.40. The van der Waals surface area contributed by atoms with Crippen molar-refractivity contribution in [1.82, 2.24) is 0 Å². The smallest absolute Gasteiger partial charge is 0.392 e. The summed E-state index contributed by atoms with van der Waals surface area (Å²) in [5.41, 5.74) is 0.310. The largest absolute Gasteiger partial charge is 0.392 e. The van der Waals surface area contributed by atoms with Crippen molar-refractivity contribution in [2.45, 2.75) is 31.5 Å². The topological polar surface area (TPSA) is 20.2 Å². The Kier molecular flexibility index (Phi) is 2.23. The van der Waals surface area contributed by atoms with Gasteiger partial charge in [-0.3, -0.25) is 0 Å². The summed E-state index contributed by atoms with van der Waals surface area (Å²) >= 11 is 0. The van der Waals surface area contributed by atoms with Crippen LogP contribution >= 0.6 is 0 Å². The molecule has 1 aliphatic rings. The van der Waals surface area contributed by atoms with Gasteiger partial charge in [0.05, 0.1) is 12.5 Å². The van der Waals surface area contributed by atoms with Crippen LogP contribution in [0.4, 0.5) is 13.2 Å².